The van der Waals surface area contributed by atoms with Gasteiger partial charge in [0.15, 0.2) is 0 Å². The summed E-state index contributed by atoms with van der Waals surface area (Å²) in [4.78, 5) is 12.4. The van der Waals surface area contributed by atoms with E-state index in [4.69, 9.17) is 9.15 Å². The molecular weight excluding hydrogens is 316 g/mol. The van der Waals surface area contributed by atoms with Crippen LogP contribution < -0.4 is 0 Å². The Kier molecular flexibility index (Phi) is 4.84. The highest BCUT2D eigenvalue weighted by atomic mass is 16.5. The number of ether oxygens (including phenoxy) is 1. The molecule has 138 valence electrons. The standard InChI is InChI=1S/C21H30O4/c1-14-5-8-21(3)17(19(23)24-4)11-16(22)12-18(21)20(14,2)9-6-15-7-10-25-13-15/h7,10-11,13-14,16,18,22H,5-6,8-9,12H2,1-4H3/t14?,16?,18-,20+,21+/m1/s1. The lowest BCUT2D eigenvalue weighted by atomic mass is 9.46. The Morgan fingerprint density at radius 3 is 2.84 bits per heavy atom. The lowest BCUT2D eigenvalue weighted by Crippen LogP contribution is -2.53. The van der Waals surface area contributed by atoms with Crippen molar-refractivity contribution in [1.29, 1.82) is 0 Å². The number of esters is 1. The van der Waals surface area contributed by atoms with Crippen molar-refractivity contribution in [2.75, 3.05) is 7.11 Å². The molecule has 2 aliphatic rings. The Balaban J connectivity index is 1.93. The maximum atomic E-state index is 12.4. The van der Waals surface area contributed by atoms with Crippen molar-refractivity contribution >= 4 is 5.97 Å². The molecule has 0 spiro atoms. The second-order valence-electron chi connectivity index (χ2n) is 8.42. The fourth-order valence-electron chi connectivity index (χ4n) is 5.32. The van der Waals surface area contributed by atoms with Crippen molar-refractivity contribution in [3.63, 3.8) is 0 Å². The van der Waals surface area contributed by atoms with Gasteiger partial charge in [0, 0.05) is 11.0 Å². The van der Waals surface area contributed by atoms with Gasteiger partial charge in [-0.15, -0.1) is 0 Å². The Hall–Kier alpha value is -1.55. The molecule has 1 aromatic heterocycles. The predicted molar refractivity (Wildman–Crippen MR) is 95.9 cm³/mol. The van der Waals surface area contributed by atoms with E-state index in [9.17, 15) is 9.90 Å². The molecule has 1 aromatic rings. The van der Waals surface area contributed by atoms with E-state index in [-0.39, 0.29) is 22.7 Å². The molecule has 4 nitrogen and oxygen atoms in total. The van der Waals surface area contributed by atoms with Gasteiger partial charge in [-0.3, -0.25) is 0 Å². The molecule has 1 N–H and O–H groups in total. The number of rotatable bonds is 4. The highest BCUT2D eigenvalue weighted by molar-refractivity contribution is 5.90. The van der Waals surface area contributed by atoms with Crippen LogP contribution in [0.2, 0.25) is 0 Å². The molecule has 0 aliphatic heterocycles. The Bertz CT molecular complexity index is 647. The van der Waals surface area contributed by atoms with Crippen LogP contribution in [0.15, 0.2) is 34.7 Å². The van der Waals surface area contributed by atoms with Crippen molar-refractivity contribution in [3.8, 4) is 0 Å². The largest absolute Gasteiger partial charge is 0.472 e. The van der Waals surface area contributed by atoms with E-state index in [0.717, 1.165) is 25.7 Å². The molecule has 0 bridgehead atoms. The molecule has 5 atom stereocenters. The molecule has 4 heteroatoms. The number of hydrogen-bond acceptors (Lipinski definition) is 4. The molecule has 1 heterocycles. The first kappa shape index (κ1) is 18.2. The zero-order valence-corrected chi connectivity index (χ0v) is 15.7. The number of aliphatic hydroxyl groups excluding tert-OH is 1. The summed E-state index contributed by atoms with van der Waals surface area (Å²) >= 11 is 0. The van der Waals surface area contributed by atoms with Gasteiger partial charge in [-0.05, 0) is 67.1 Å². The van der Waals surface area contributed by atoms with Gasteiger partial charge >= 0.3 is 5.97 Å². The lowest BCUT2D eigenvalue weighted by molar-refractivity contribution is -0.141. The molecule has 3 rings (SSSR count). The van der Waals surface area contributed by atoms with Crippen molar-refractivity contribution in [1.82, 2.24) is 0 Å². The van der Waals surface area contributed by atoms with E-state index < -0.39 is 6.10 Å². The van der Waals surface area contributed by atoms with Gasteiger partial charge < -0.3 is 14.3 Å². The molecule has 0 radical (unpaired) electrons. The van der Waals surface area contributed by atoms with Gasteiger partial charge in [0.2, 0.25) is 0 Å². The quantitative estimate of drug-likeness (QED) is 0.833. The molecule has 0 aromatic carbocycles. The summed E-state index contributed by atoms with van der Waals surface area (Å²) in [7, 11) is 1.42. The minimum absolute atomic E-state index is 0.0543. The monoisotopic (exact) mass is 346 g/mol. The minimum atomic E-state index is -0.578. The number of carbonyl (C=O) groups excluding carboxylic acids is 1. The zero-order chi connectivity index (χ0) is 18.2. The number of hydrogen-bond donors (Lipinski definition) is 1. The summed E-state index contributed by atoms with van der Waals surface area (Å²) in [6.45, 7) is 6.85. The number of carbonyl (C=O) groups is 1. The van der Waals surface area contributed by atoms with Crippen LogP contribution in [-0.4, -0.2) is 24.3 Å². The first-order valence-corrected chi connectivity index (χ1v) is 9.31. The zero-order valence-electron chi connectivity index (χ0n) is 15.7. The van der Waals surface area contributed by atoms with Crippen molar-refractivity contribution in [3.05, 3.63) is 35.8 Å². The molecular formula is C21H30O4. The fourth-order valence-corrected chi connectivity index (χ4v) is 5.32. The van der Waals surface area contributed by atoms with E-state index in [1.165, 1.54) is 12.7 Å². The van der Waals surface area contributed by atoms with E-state index >= 15 is 0 Å². The van der Waals surface area contributed by atoms with Crippen LogP contribution in [0.5, 0.6) is 0 Å². The highest BCUT2D eigenvalue weighted by Crippen LogP contribution is 2.61. The van der Waals surface area contributed by atoms with Crippen LogP contribution in [0.4, 0.5) is 0 Å². The third-order valence-corrected chi connectivity index (χ3v) is 7.18. The van der Waals surface area contributed by atoms with E-state index in [1.807, 2.05) is 12.3 Å². The van der Waals surface area contributed by atoms with Gasteiger partial charge in [-0.2, -0.15) is 0 Å². The van der Waals surface area contributed by atoms with E-state index in [2.05, 4.69) is 20.8 Å². The predicted octanol–water partition coefficient (Wildman–Crippen LogP) is 4.13. The maximum Gasteiger partial charge on any atom is 0.334 e. The van der Waals surface area contributed by atoms with Gasteiger partial charge in [0.1, 0.15) is 0 Å². The summed E-state index contributed by atoms with van der Waals surface area (Å²) in [6.07, 6.45) is 9.42. The average molecular weight is 346 g/mol. The SMILES string of the molecule is COC(=O)C1=CC(O)C[C@H]2[C@@]1(C)CCC(C)[C@]2(C)CCc1ccoc1. The second-order valence-corrected chi connectivity index (χ2v) is 8.42. The second kappa shape index (κ2) is 6.64. The third kappa shape index (κ3) is 3.05. The summed E-state index contributed by atoms with van der Waals surface area (Å²) < 4.78 is 10.2. The average Bonchev–Trinajstić information content (AvgIpc) is 3.11. The van der Waals surface area contributed by atoms with Crippen molar-refractivity contribution in [2.45, 2.75) is 59.0 Å². The van der Waals surface area contributed by atoms with Crippen LogP contribution in [0.25, 0.3) is 0 Å². The lowest BCUT2D eigenvalue weighted by Gasteiger charge is -2.58. The normalized spacial score (nSPS) is 38.0. The summed E-state index contributed by atoms with van der Waals surface area (Å²) in [5.74, 6) is 0.504. The maximum absolute atomic E-state index is 12.4. The van der Waals surface area contributed by atoms with Crippen molar-refractivity contribution in [2.24, 2.45) is 22.7 Å². The van der Waals surface area contributed by atoms with Gasteiger partial charge in [0.25, 0.3) is 0 Å². The molecule has 0 saturated heterocycles. The van der Waals surface area contributed by atoms with Gasteiger partial charge in [-0.1, -0.05) is 20.8 Å². The Morgan fingerprint density at radius 2 is 2.20 bits per heavy atom. The minimum Gasteiger partial charge on any atom is -0.472 e. The molecule has 1 saturated carbocycles. The van der Waals surface area contributed by atoms with E-state index in [1.54, 1.807) is 12.3 Å². The molecule has 25 heavy (non-hydrogen) atoms. The summed E-state index contributed by atoms with van der Waals surface area (Å²) in [5.41, 5.74) is 1.70. The number of methoxy groups -OCH3 is 1. The van der Waals surface area contributed by atoms with Crippen LogP contribution in [0, 0.1) is 22.7 Å². The van der Waals surface area contributed by atoms with Crippen molar-refractivity contribution < 1.29 is 19.1 Å². The third-order valence-electron chi connectivity index (χ3n) is 7.18. The highest BCUT2D eigenvalue weighted by Gasteiger charge is 2.56. The number of aryl methyl sites for hydroxylation is 1. The summed E-state index contributed by atoms with van der Waals surface area (Å²) in [5, 5.41) is 10.4. The number of aliphatic hydroxyl groups is 1. The first-order valence-electron chi connectivity index (χ1n) is 9.31. The number of fused-ring (bicyclic) bond motifs is 1. The van der Waals surface area contributed by atoms with Crippen LogP contribution in [-0.2, 0) is 16.0 Å². The summed E-state index contributed by atoms with van der Waals surface area (Å²) in [6, 6.07) is 2.02. The van der Waals surface area contributed by atoms with Crippen LogP contribution >= 0.6 is 0 Å². The molecule has 2 unspecified atom stereocenters. The fraction of sp³-hybridized carbons (Fsp3) is 0.667. The molecule has 1 fully saturated rings. The molecule has 0 amide bonds. The topological polar surface area (TPSA) is 59.7 Å². The Morgan fingerprint density at radius 1 is 1.44 bits per heavy atom. The Labute approximate surface area is 150 Å². The van der Waals surface area contributed by atoms with E-state index in [0.29, 0.717) is 17.9 Å². The number of furan rings is 1. The first-order chi connectivity index (χ1) is 11.8. The van der Waals surface area contributed by atoms with Crippen LogP contribution in [0.3, 0.4) is 0 Å². The molecule has 2 aliphatic carbocycles. The van der Waals surface area contributed by atoms with Gasteiger partial charge in [-0.25, -0.2) is 4.79 Å². The van der Waals surface area contributed by atoms with Gasteiger partial charge in [0.05, 0.1) is 25.7 Å². The van der Waals surface area contributed by atoms with Crippen LogP contribution in [0.1, 0.15) is 52.0 Å². The smallest absolute Gasteiger partial charge is 0.334 e.